The van der Waals surface area contributed by atoms with Crippen LogP contribution in [0.4, 0.5) is 0 Å². The average molecular weight is 310 g/mol. The van der Waals surface area contributed by atoms with Gasteiger partial charge in [-0.25, -0.2) is 8.42 Å². The van der Waals surface area contributed by atoms with E-state index in [0.717, 1.165) is 25.7 Å². The molecule has 0 radical (unpaired) electrons. The van der Waals surface area contributed by atoms with Crippen LogP contribution < -0.4 is 10.1 Å². The van der Waals surface area contributed by atoms with E-state index in [1.165, 1.54) is 0 Å². The third-order valence-corrected chi connectivity index (χ3v) is 6.62. The Balaban J connectivity index is 1.80. The van der Waals surface area contributed by atoms with E-state index >= 15 is 0 Å². The summed E-state index contributed by atoms with van der Waals surface area (Å²) in [5, 5.41) is 3.54. The Morgan fingerprint density at radius 3 is 2.24 bits per heavy atom. The molecule has 2 bridgehead atoms. The molecule has 6 heteroatoms. The lowest BCUT2D eigenvalue weighted by Crippen LogP contribution is -2.48. The zero-order chi connectivity index (χ0) is 15.0. The Morgan fingerprint density at radius 2 is 1.71 bits per heavy atom. The number of nitrogens with zero attached hydrogens (tertiary/aromatic N) is 1. The first-order valence-electron chi connectivity index (χ1n) is 7.39. The molecule has 2 atom stereocenters. The first kappa shape index (κ1) is 14.8. The van der Waals surface area contributed by atoms with Gasteiger partial charge >= 0.3 is 0 Å². The van der Waals surface area contributed by atoms with Crippen LogP contribution in [0.25, 0.3) is 0 Å². The average Bonchev–Trinajstić information content (AvgIpc) is 2.84. The Bertz CT molecular complexity index is 588. The highest BCUT2D eigenvalue weighted by molar-refractivity contribution is 7.89. The predicted octanol–water partition coefficient (Wildman–Crippen LogP) is 1.60. The molecular weight excluding hydrogens is 288 g/mol. The Hall–Kier alpha value is -1.11. The lowest BCUT2D eigenvalue weighted by molar-refractivity contribution is 0.251. The Labute approximate surface area is 126 Å². The maximum atomic E-state index is 12.7. The molecule has 2 saturated heterocycles. The minimum Gasteiger partial charge on any atom is -0.497 e. The normalized spacial score (nSPS) is 28.8. The second-order valence-electron chi connectivity index (χ2n) is 5.96. The highest BCUT2D eigenvalue weighted by Gasteiger charge is 2.38. The van der Waals surface area contributed by atoms with Crippen LogP contribution in [-0.4, -0.2) is 45.0 Å². The van der Waals surface area contributed by atoms with Crippen LogP contribution in [0.5, 0.6) is 5.75 Å². The predicted molar refractivity (Wildman–Crippen MR) is 80.9 cm³/mol. The highest BCUT2D eigenvalue weighted by Crippen LogP contribution is 2.31. The van der Waals surface area contributed by atoms with E-state index < -0.39 is 10.0 Å². The summed E-state index contributed by atoms with van der Waals surface area (Å²) < 4.78 is 32.1. The van der Waals surface area contributed by atoms with E-state index in [1.807, 2.05) is 0 Å². The van der Waals surface area contributed by atoms with Crippen molar-refractivity contribution in [3.05, 3.63) is 24.3 Å². The summed E-state index contributed by atoms with van der Waals surface area (Å²) in [4.78, 5) is 0.330. The summed E-state index contributed by atoms with van der Waals surface area (Å²) in [5.74, 6) is 0.663. The van der Waals surface area contributed by atoms with Gasteiger partial charge in [-0.3, -0.25) is 0 Å². The van der Waals surface area contributed by atoms with Gasteiger partial charge in [0.1, 0.15) is 5.75 Å². The van der Waals surface area contributed by atoms with E-state index in [1.54, 1.807) is 42.7 Å². The van der Waals surface area contributed by atoms with Gasteiger partial charge in [0.25, 0.3) is 0 Å². The van der Waals surface area contributed by atoms with Crippen LogP contribution in [0.15, 0.2) is 29.2 Å². The zero-order valence-corrected chi connectivity index (χ0v) is 13.3. The van der Waals surface area contributed by atoms with Gasteiger partial charge in [-0.1, -0.05) is 0 Å². The molecule has 2 aliphatic heterocycles. The number of piperidine rings is 1. The van der Waals surface area contributed by atoms with Crippen molar-refractivity contribution in [2.75, 3.05) is 14.2 Å². The van der Waals surface area contributed by atoms with E-state index in [-0.39, 0.29) is 6.04 Å². The van der Waals surface area contributed by atoms with Gasteiger partial charge in [0.15, 0.2) is 0 Å². The lowest BCUT2D eigenvalue weighted by atomic mass is 10.0. The second kappa shape index (κ2) is 5.59. The number of benzene rings is 1. The number of sulfonamides is 1. The van der Waals surface area contributed by atoms with Crippen molar-refractivity contribution in [2.45, 2.75) is 48.7 Å². The third-order valence-electron chi connectivity index (χ3n) is 4.70. The molecule has 0 amide bonds. The van der Waals surface area contributed by atoms with Gasteiger partial charge in [0.2, 0.25) is 10.0 Å². The molecule has 1 aromatic carbocycles. The molecule has 1 N–H and O–H groups in total. The maximum Gasteiger partial charge on any atom is 0.243 e. The highest BCUT2D eigenvalue weighted by atomic mass is 32.2. The van der Waals surface area contributed by atoms with Crippen molar-refractivity contribution in [1.82, 2.24) is 9.62 Å². The number of hydrogen-bond acceptors (Lipinski definition) is 4. The second-order valence-corrected chi connectivity index (χ2v) is 7.96. The van der Waals surface area contributed by atoms with Crippen molar-refractivity contribution in [3.63, 3.8) is 0 Å². The summed E-state index contributed by atoms with van der Waals surface area (Å²) in [7, 11) is -0.159. The van der Waals surface area contributed by atoms with Gasteiger partial charge in [0.05, 0.1) is 12.0 Å². The van der Waals surface area contributed by atoms with Gasteiger partial charge in [-0.2, -0.15) is 4.31 Å². The van der Waals surface area contributed by atoms with E-state index in [2.05, 4.69) is 5.32 Å². The molecule has 2 fully saturated rings. The monoisotopic (exact) mass is 310 g/mol. The molecule has 2 unspecified atom stereocenters. The molecule has 1 aromatic rings. The molecule has 2 aliphatic rings. The van der Waals surface area contributed by atoms with Crippen LogP contribution in [0.3, 0.4) is 0 Å². The van der Waals surface area contributed by atoms with Crippen molar-refractivity contribution in [2.24, 2.45) is 0 Å². The Kier molecular flexibility index (Phi) is 3.94. The fourth-order valence-corrected chi connectivity index (χ4v) is 4.81. The molecule has 21 heavy (non-hydrogen) atoms. The SMILES string of the molecule is COc1ccc(S(=O)(=O)N(C)C2CC3CCC(C2)N3)cc1. The molecule has 116 valence electrons. The molecular formula is C15H22N2O3S. The molecule has 0 aliphatic carbocycles. The van der Waals surface area contributed by atoms with E-state index in [9.17, 15) is 8.42 Å². The quantitative estimate of drug-likeness (QED) is 0.918. The smallest absolute Gasteiger partial charge is 0.243 e. The number of ether oxygens (including phenoxy) is 1. The summed E-state index contributed by atoms with van der Waals surface area (Å²) in [6.07, 6.45) is 4.14. The molecule has 5 nitrogen and oxygen atoms in total. The third kappa shape index (κ3) is 2.80. The van der Waals surface area contributed by atoms with E-state index in [4.69, 9.17) is 4.74 Å². The van der Waals surface area contributed by atoms with Crippen LogP contribution in [0.2, 0.25) is 0 Å². The summed E-state index contributed by atoms with van der Waals surface area (Å²) >= 11 is 0. The van der Waals surface area contributed by atoms with Crippen molar-refractivity contribution in [3.8, 4) is 5.75 Å². The number of hydrogen-bond donors (Lipinski definition) is 1. The topological polar surface area (TPSA) is 58.6 Å². The van der Waals surface area contributed by atoms with Crippen LogP contribution in [0, 0.1) is 0 Å². The minimum absolute atomic E-state index is 0.0934. The standard InChI is InChI=1S/C15H22N2O3S/c1-17(13-9-11-3-4-12(10-13)16-11)21(18,19)15-7-5-14(20-2)6-8-15/h5-8,11-13,16H,3-4,9-10H2,1-2H3. The number of fused-ring (bicyclic) bond motifs is 2. The fraction of sp³-hybridized carbons (Fsp3) is 0.600. The molecule has 0 aromatic heterocycles. The zero-order valence-electron chi connectivity index (χ0n) is 12.5. The van der Waals surface area contributed by atoms with Gasteiger partial charge < -0.3 is 10.1 Å². The number of rotatable bonds is 4. The first-order valence-corrected chi connectivity index (χ1v) is 8.83. The maximum absolute atomic E-state index is 12.7. The molecule has 3 rings (SSSR count). The summed E-state index contributed by atoms with van der Waals surface area (Å²) in [6, 6.07) is 7.64. The van der Waals surface area contributed by atoms with Crippen LogP contribution in [0.1, 0.15) is 25.7 Å². The molecule has 0 spiro atoms. The summed E-state index contributed by atoms with van der Waals surface area (Å²) in [5.41, 5.74) is 0. The summed E-state index contributed by atoms with van der Waals surface area (Å²) in [6.45, 7) is 0. The minimum atomic E-state index is -3.43. The van der Waals surface area contributed by atoms with Crippen molar-refractivity contribution >= 4 is 10.0 Å². The van der Waals surface area contributed by atoms with Gasteiger partial charge in [0, 0.05) is 25.2 Å². The number of methoxy groups -OCH3 is 1. The van der Waals surface area contributed by atoms with Gasteiger partial charge in [-0.15, -0.1) is 0 Å². The first-order chi connectivity index (χ1) is 10.0. The molecule has 2 heterocycles. The van der Waals surface area contributed by atoms with Crippen LogP contribution in [-0.2, 0) is 10.0 Å². The van der Waals surface area contributed by atoms with Crippen molar-refractivity contribution in [1.29, 1.82) is 0 Å². The Morgan fingerprint density at radius 1 is 1.14 bits per heavy atom. The van der Waals surface area contributed by atoms with E-state index in [0.29, 0.717) is 22.7 Å². The van der Waals surface area contributed by atoms with Crippen LogP contribution >= 0.6 is 0 Å². The molecule has 0 saturated carbocycles. The van der Waals surface area contributed by atoms with Crippen molar-refractivity contribution < 1.29 is 13.2 Å². The van der Waals surface area contributed by atoms with Gasteiger partial charge in [-0.05, 0) is 49.9 Å². The lowest BCUT2D eigenvalue weighted by Gasteiger charge is -2.34. The largest absolute Gasteiger partial charge is 0.497 e. The fourth-order valence-electron chi connectivity index (χ4n) is 3.43. The number of nitrogens with one attached hydrogen (secondary N) is 1.